The van der Waals surface area contributed by atoms with Gasteiger partial charge in [0.1, 0.15) is 24.1 Å². The minimum atomic E-state index is -0.433. The predicted octanol–water partition coefficient (Wildman–Crippen LogP) is 6.20. The smallest absolute Gasteiger partial charge is 0.161 e. The Morgan fingerprint density at radius 3 is 1.92 bits per heavy atom. The van der Waals surface area contributed by atoms with E-state index in [1.165, 1.54) is 44.9 Å². The maximum Gasteiger partial charge on any atom is 0.161 e. The van der Waals surface area contributed by atoms with Crippen LogP contribution in [0.2, 0.25) is 0 Å². The number of aromatic amines is 1. The fourth-order valence-electron chi connectivity index (χ4n) is 7.52. The molecule has 2 atom stereocenters. The lowest BCUT2D eigenvalue weighted by molar-refractivity contribution is -0.100. The third-order valence-corrected chi connectivity index (χ3v) is 10.1. The standard InChI is InChI=1S/C19H26N6O2.C17H18N6/c1-26-17(27-2)9-15-18(22-12-23-19(15)21)14-10-24-25(11-14)16(7-8-20)13-5-3-4-6-13;18-7-5-15(12-3-1-2-4-12)23-10-13(9-22-23)16-14-6-8-19-17(14)21-11-20-16/h10-13,16-17H,3-7,9H2,1-2H3,(H2,21,22,23);6,8-12,15H,1-5H2,(H,19,20,21)/t16-;15-/m11/s1. The van der Waals surface area contributed by atoms with E-state index in [9.17, 15) is 10.5 Å². The summed E-state index contributed by atoms with van der Waals surface area (Å²) in [5.74, 6) is 1.45. The molecule has 0 aromatic carbocycles. The van der Waals surface area contributed by atoms with Crippen molar-refractivity contribution in [3.05, 3.63) is 55.3 Å². The van der Waals surface area contributed by atoms with Crippen molar-refractivity contribution in [1.82, 2.24) is 44.5 Å². The fraction of sp³-hybridized carbons (Fsp3) is 0.500. The molecule has 3 N–H and O–H groups in total. The number of nitrogen functional groups attached to an aromatic ring is 1. The lowest BCUT2D eigenvalue weighted by atomic mass is 9.96. The number of nitriles is 2. The first-order valence-corrected chi connectivity index (χ1v) is 17.3. The SMILES string of the molecule is COC(Cc1c(N)ncnc1-c1cnn([C@H](CC#N)C2CCCC2)c1)OC.N#CC[C@H](C1CCCC1)n1cc(-c2ncnc3[nH]ccc23)cn1. The minimum absolute atomic E-state index is 0.0968. The second kappa shape index (κ2) is 16.5. The molecule has 0 amide bonds. The van der Waals surface area contributed by atoms with Gasteiger partial charge in [0.05, 0.1) is 60.8 Å². The van der Waals surface area contributed by atoms with Gasteiger partial charge in [-0.05, 0) is 43.6 Å². The van der Waals surface area contributed by atoms with E-state index in [0.717, 1.165) is 52.0 Å². The highest BCUT2D eigenvalue weighted by atomic mass is 16.7. The van der Waals surface area contributed by atoms with E-state index in [-0.39, 0.29) is 12.1 Å². The molecular weight excluding hydrogens is 632 g/mol. The molecule has 2 saturated carbocycles. The molecule has 5 aromatic heterocycles. The van der Waals surface area contributed by atoms with Gasteiger partial charge in [0, 0.05) is 61.3 Å². The molecule has 7 rings (SSSR count). The van der Waals surface area contributed by atoms with Gasteiger partial charge in [0.2, 0.25) is 0 Å². The van der Waals surface area contributed by atoms with Crippen LogP contribution in [0.25, 0.3) is 33.5 Å². The Hall–Kier alpha value is -5.18. The molecule has 0 aliphatic heterocycles. The zero-order chi connectivity index (χ0) is 34.9. The number of nitrogens with two attached hydrogens (primary N) is 1. The zero-order valence-corrected chi connectivity index (χ0v) is 28.6. The van der Waals surface area contributed by atoms with Gasteiger partial charge in [-0.15, -0.1) is 0 Å². The summed E-state index contributed by atoms with van der Waals surface area (Å²) in [6.07, 6.45) is 23.1. The van der Waals surface area contributed by atoms with Gasteiger partial charge in [-0.2, -0.15) is 20.7 Å². The molecule has 260 valence electrons. The van der Waals surface area contributed by atoms with E-state index >= 15 is 0 Å². The van der Waals surface area contributed by atoms with Crippen molar-refractivity contribution < 1.29 is 9.47 Å². The molecule has 0 bridgehead atoms. The summed E-state index contributed by atoms with van der Waals surface area (Å²) in [5, 5.41) is 28.5. The Morgan fingerprint density at radius 2 is 1.36 bits per heavy atom. The topological polar surface area (TPSA) is 195 Å². The number of hydrogen-bond acceptors (Lipinski definition) is 11. The second-order valence-electron chi connectivity index (χ2n) is 13.0. The first kappa shape index (κ1) is 34.7. The highest BCUT2D eigenvalue weighted by Crippen LogP contribution is 2.38. The number of nitrogens with one attached hydrogen (secondary N) is 1. The van der Waals surface area contributed by atoms with Crippen molar-refractivity contribution in [1.29, 1.82) is 10.5 Å². The lowest BCUT2D eigenvalue weighted by Crippen LogP contribution is -2.18. The van der Waals surface area contributed by atoms with E-state index in [1.54, 1.807) is 26.7 Å². The summed E-state index contributed by atoms with van der Waals surface area (Å²) >= 11 is 0. The van der Waals surface area contributed by atoms with E-state index in [1.807, 2.05) is 40.2 Å². The molecule has 2 fully saturated rings. The van der Waals surface area contributed by atoms with Crippen molar-refractivity contribution in [2.24, 2.45) is 11.8 Å². The molecular formula is C36H44N12O2. The molecule has 2 aliphatic rings. The normalized spacial score (nSPS) is 16.3. The number of nitrogens with zero attached hydrogens (tertiary/aromatic N) is 10. The first-order valence-electron chi connectivity index (χ1n) is 17.3. The summed E-state index contributed by atoms with van der Waals surface area (Å²) in [7, 11) is 3.17. The number of H-pyrrole nitrogens is 1. The molecule has 50 heavy (non-hydrogen) atoms. The maximum atomic E-state index is 9.26. The van der Waals surface area contributed by atoms with Crippen LogP contribution in [0.3, 0.4) is 0 Å². The van der Waals surface area contributed by atoms with Crippen LogP contribution in [0.1, 0.15) is 81.9 Å². The van der Waals surface area contributed by atoms with Crippen molar-refractivity contribution >= 4 is 16.9 Å². The highest BCUT2D eigenvalue weighted by Gasteiger charge is 2.29. The van der Waals surface area contributed by atoms with Gasteiger partial charge in [-0.3, -0.25) is 9.36 Å². The van der Waals surface area contributed by atoms with Crippen LogP contribution < -0.4 is 5.73 Å². The molecule has 0 saturated heterocycles. The third kappa shape index (κ3) is 7.67. The molecule has 5 heterocycles. The van der Waals surface area contributed by atoms with E-state index < -0.39 is 6.29 Å². The summed E-state index contributed by atoms with van der Waals surface area (Å²) < 4.78 is 14.5. The van der Waals surface area contributed by atoms with Crippen LogP contribution in [0.5, 0.6) is 0 Å². The first-order chi connectivity index (χ1) is 24.5. The molecule has 5 aromatic rings. The van der Waals surface area contributed by atoms with Crippen LogP contribution in [-0.4, -0.2) is 65.0 Å². The summed E-state index contributed by atoms with van der Waals surface area (Å²) in [6.45, 7) is 0. The number of anilines is 1. The van der Waals surface area contributed by atoms with Crippen LogP contribution in [0.4, 0.5) is 5.82 Å². The van der Waals surface area contributed by atoms with Gasteiger partial charge < -0.3 is 20.2 Å². The van der Waals surface area contributed by atoms with Gasteiger partial charge in [-0.25, -0.2) is 19.9 Å². The van der Waals surface area contributed by atoms with E-state index in [0.29, 0.717) is 36.9 Å². The monoisotopic (exact) mass is 676 g/mol. The number of hydrogen-bond donors (Lipinski definition) is 2. The Kier molecular flexibility index (Phi) is 11.4. The largest absolute Gasteiger partial charge is 0.383 e. The Labute approximate surface area is 291 Å². The maximum absolute atomic E-state index is 9.26. The number of fused-ring (bicyclic) bond motifs is 1. The zero-order valence-electron chi connectivity index (χ0n) is 28.6. The Bertz CT molecular complexity index is 1920. The summed E-state index contributed by atoms with van der Waals surface area (Å²) in [4.78, 5) is 20.3. The van der Waals surface area contributed by atoms with Crippen LogP contribution in [-0.2, 0) is 15.9 Å². The van der Waals surface area contributed by atoms with E-state index in [4.69, 9.17) is 15.2 Å². The van der Waals surface area contributed by atoms with Crippen molar-refractivity contribution in [2.75, 3.05) is 20.0 Å². The summed E-state index contributed by atoms with van der Waals surface area (Å²) in [5.41, 5.74) is 11.1. The third-order valence-electron chi connectivity index (χ3n) is 10.1. The Balaban J connectivity index is 0.000000175. The Morgan fingerprint density at radius 1 is 0.820 bits per heavy atom. The lowest BCUT2D eigenvalue weighted by Gasteiger charge is -2.21. The van der Waals surface area contributed by atoms with Crippen molar-refractivity contribution in [2.45, 2.75) is 89.0 Å². The van der Waals surface area contributed by atoms with Crippen molar-refractivity contribution in [3.8, 4) is 34.7 Å². The van der Waals surface area contributed by atoms with Gasteiger partial charge in [-0.1, -0.05) is 25.7 Å². The van der Waals surface area contributed by atoms with Crippen LogP contribution in [0.15, 0.2) is 49.7 Å². The number of ether oxygens (including phenoxy) is 2. The number of methoxy groups -OCH3 is 2. The molecule has 0 radical (unpaired) electrons. The quantitative estimate of drug-likeness (QED) is 0.143. The van der Waals surface area contributed by atoms with Gasteiger partial charge >= 0.3 is 0 Å². The van der Waals surface area contributed by atoms with Crippen LogP contribution >= 0.6 is 0 Å². The summed E-state index contributed by atoms with van der Waals surface area (Å²) in [6, 6.07) is 6.88. The molecule has 0 unspecified atom stereocenters. The van der Waals surface area contributed by atoms with Gasteiger partial charge in [0.15, 0.2) is 6.29 Å². The average molecular weight is 677 g/mol. The molecule has 2 aliphatic carbocycles. The fourth-order valence-corrected chi connectivity index (χ4v) is 7.52. The number of aromatic nitrogens is 9. The molecule has 14 heteroatoms. The molecule has 14 nitrogen and oxygen atoms in total. The predicted molar refractivity (Wildman–Crippen MR) is 187 cm³/mol. The number of rotatable bonds is 12. The average Bonchev–Trinajstić information content (AvgIpc) is 3.99. The minimum Gasteiger partial charge on any atom is -0.383 e. The highest BCUT2D eigenvalue weighted by molar-refractivity contribution is 5.90. The van der Waals surface area contributed by atoms with Crippen LogP contribution in [0, 0.1) is 34.5 Å². The van der Waals surface area contributed by atoms with Crippen molar-refractivity contribution in [3.63, 3.8) is 0 Å². The second-order valence-corrected chi connectivity index (χ2v) is 13.0. The van der Waals surface area contributed by atoms with E-state index in [2.05, 4.69) is 47.3 Å². The van der Waals surface area contributed by atoms with Gasteiger partial charge in [0.25, 0.3) is 0 Å². The molecule has 0 spiro atoms.